The predicted molar refractivity (Wildman–Crippen MR) is 106 cm³/mol. The number of rotatable bonds is 5. The van der Waals surface area contributed by atoms with Gasteiger partial charge in [0.05, 0.1) is 12.1 Å². The lowest BCUT2D eigenvalue weighted by Crippen LogP contribution is -2.41. The van der Waals surface area contributed by atoms with Crippen LogP contribution in [0.2, 0.25) is 0 Å². The lowest BCUT2D eigenvalue weighted by molar-refractivity contribution is -0.122. The number of anilines is 1. The molecule has 0 saturated carbocycles. The average Bonchev–Trinajstić information content (AvgIpc) is 3.04. The summed E-state index contributed by atoms with van der Waals surface area (Å²) in [5, 5.41) is 10.1. The molecular weight excluding hydrogens is 340 g/mol. The number of Topliss-reactive ketones (excluding diaryl/α,β-unsaturated/α-hetero) is 1. The summed E-state index contributed by atoms with van der Waals surface area (Å²) in [6, 6.07) is 12.7. The van der Waals surface area contributed by atoms with E-state index < -0.39 is 12.1 Å². The monoisotopic (exact) mass is 366 g/mol. The van der Waals surface area contributed by atoms with E-state index in [1.54, 1.807) is 25.1 Å². The molecule has 0 radical (unpaired) electrons. The number of aliphatic hydroxyl groups is 1. The van der Waals surface area contributed by atoms with E-state index in [-0.39, 0.29) is 18.2 Å². The Labute approximate surface area is 159 Å². The Hall–Kier alpha value is -2.66. The second-order valence-electron chi connectivity index (χ2n) is 7.33. The normalized spacial score (nSPS) is 19.3. The van der Waals surface area contributed by atoms with Crippen molar-refractivity contribution in [1.29, 1.82) is 0 Å². The van der Waals surface area contributed by atoms with Gasteiger partial charge in [0.1, 0.15) is 0 Å². The second kappa shape index (κ2) is 7.92. The number of benzene rings is 2. The summed E-state index contributed by atoms with van der Waals surface area (Å²) in [5.41, 5.74) is 9.92. The highest BCUT2D eigenvalue weighted by Crippen LogP contribution is 2.25. The Kier molecular flexibility index (Phi) is 5.61. The molecule has 2 aromatic rings. The Balaban J connectivity index is 1.73. The molecule has 5 nitrogen and oxygen atoms in total. The van der Waals surface area contributed by atoms with E-state index in [4.69, 9.17) is 5.73 Å². The van der Waals surface area contributed by atoms with Crippen LogP contribution >= 0.6 is 0 Å². The summed E-state index contributed by atoms with van der Waals surface area (Å²) >= 11 is 0. The Morgan fingerprint density at radius 2 is 1.85 bits per heavy atom. The average molecular weight is 366 g/mol. The van der Waals surface area contributed by atoms with E-state index in [9.17, 15) is 14.7 Å². The summed E-state index contributed by atoms with van der Waals surface area (Å²) in [7, 11) is 0. The lowest BCUT2D eigenvalue weighted by Gasteiger charge is -2.24. The van der Waals surface area contributed by atoms with Crippen LogP contribution in [-0.2, 0) is 11.2 Å². The first-order valence-electron chi connectivity index (χ1n) is 9.29. The van der Waals surface area contributed by atoms with Crippen molar-refractivity contribution < 1.29 is 14.7 Å². The number of aliphatic hydroxyl groups excluding tert-OH is 1. The molecule has 3 rings (SSSR count). The van der Waals surface area contributed by atoms with Crippen LogP contribution in [0.3, 0.4) is 0 Å². The first kappa shape index (κ1) is 19.1. The zero-order valence-electron chi connectivity index (χ0n) is 15.8. The van der Waals surface area contributed by atoms with Gasteiger partial charge in [0, 0.05) is 30.6 Å². The first-order valence-corrected chi connectivity index (χ1v) is 9.29. The van der Waals surface area contributed by atoms with Crippen LogP contribution in [0.5, 0.6) is 0 Å². The van der Waals surface area contributed by atoms with E-state index in [0.29, 0.717) is 36.1 Å². The zero-order valence-corrected chi connectivity index (χ0v) is 15.8. The summed E-state index contributed by atoms with van der Waals surface area (Å²) < 4.78 is 0. The molecule has 1 amide bonds. The number of ketones is 1. The summed E-state index contributed by atoms with van der Waals surface area (Å²) in [6.45, 7) is 3.99. The Bertz CT molecular complexity index is 845. The number of aryl methyl sites for hydroxylation is 2. The molecule has 142 valence electrons. The van der Waals surface area contributed by atoms with E-state index in [1.807, 2.05) is 31.2 Å². The molecule has 2 aromatic carbocycles. The fourth-order valence-corrected chi connectivity index (χ4v) is 3.57. The second-order valence-corrected chi connectivity index (χ2v) is 7.33. The van der Waals surface area contributed by atoms with Crippen molar-refractivity contribution in [3.63, 3.8) is 0 Å². The van der Waals surface area contributed by atoms with Gasteiger partial charge in [-0.3, -0.25) is 9.59 Å². The number of carbonyl (C=O) groups is 2. The molecule has 1 aliphatic rings. The van der Waals surface area contributed by atoms with Crippen molar-refractivity contribution in [1.82, 2.24) is 4.90 Å². The van der Waals surface area contributed by atoms with Gasteiger partial charge in [-0.15, -0.1) is 0 Å². The van der Waals surface area contributed by atoms with E-state index in [0.717, 1.165) is 5.56 Å². The minimum atomic E-state index is -0.677. The molecule has 1 saturated heterocycles. The predicted octanol–water partition coefficient (Wildman–Crippen LogP) is 2.66. The van der Waals surface area contributed by atoms with Crippen molar-refractivity contribution in [2.75, 3.05) is 12.3 Å². The van der Waals surface area contributed by atoms with Crippen LogP contribution in [0.1, 0.15) is 39.9 Å². The molecule has 1 fully saturated rings. The molecule has 1 aliphatic heterocycles. The number of hydrogen-bond acceptors (Lipinski definition) is 4. The minimum absolute atomic E-state index is 0.0120. The van der Waals surface area contributed by atoms with Crippen LogP contribution in [0.15, 0.2) is 42.5 Å². The molecule has 3 N–H and O–H groups in total. The molecular formula is C22H26N2O3. The standard InChI is InChI=1S/C22H26N2O3/c1-14-6-8-16(9-7-14)10-11-21(26)20-12-17(25)13-24(20)22(27)18-4-3-5-19(23)15(18)2/h3-9,17,20,25H,10-13,23H2,1-2H3/t17-,20+/m1/s1. The van der Waals surface area contributed by atoms with Crippen molar-refractivity contribution in [3.8, 4) is 0 Å². The number of nitrogens with zero attached hydrogens (tertiary/aromatic N) is 1. The van der Waals surface area contributed by atoms with Crippen molar-refractivity contribution >= 4 is 17.4 Å². The van der Waals surface area contributed by atoms with Gasteiger partial charge in [-0.2, -0.15) is 0 Å². The van der Waals surface area contributed by atoms with Gasteiger partial charge < -0.3 is 15.7 Å². The largest absolute Gasteiger partial charge is 0.398 e. The van der Waals surface area contributed by atoms with Gasteiger partial charge in [-0.25, -0.2) is 0 Å². The van der Waals surface area contributed by atoms with E-state index in [2.05, 4.69) is 0 Å². The molecule has 0 bridgehead atoms. The summed E-state index contributed by atoms with van der Waals surface area (Å²) in [4.78, 5) is 27.3. The number of nitrogen functional groups attached to an aromatic ring is 1. The van der Waals surface area contributed by atoms with Crippen LogP contribution in [0.4, 0.5) is 5.69 Å². The number of nitrogens with two attached hydrogens (primary N) is 1. The number of hydrogen-bond donors (Lipinski definition) is 2. The smallest absolute Gasteiger partial charge is 0.254 e. The third-order valence-corrected chi connectivity index (χ3v) is 5.30. The fraction of sp³-hybridized carbons (Fsp3) is 0.364. The quantitative estimate of drug-likeness (QED) is 0.797. The van der Waals surface area contributed by atoms with Gasteiger partial charge in [0.15, 0.2) is 5.78 Å². The third kappa shape index (κ3) is 4.19. The van der Waals surface area contributed by atoms with Crippen molar-refractivity contribution in [2.45, 2.75) is 45.3 Å². The molecule has 0 unspecified atom stereocenters. The van der Waals surface area contributed by atoms with Gasteiger partial charge in [-0.05, 0) is 43.5 Å². The maximum absolute atomic E-state index is 13.0. The zero-order chi connectivity index (χ0) is 19.6. The van der Waals surface area contributed by atoms with Gasteiger partial charge in [0.2, 0.25) is 0 Å². The Morgan fingerprint density at radius 1 is 1.15 bits per heavy atom. The molecule has 1 heterocycles. The highest BCUT2D eigenvalue weighted by atomic mass is 16.3. The topological polar surface area (TPSA) is 83.6 Å². The molecule has 0 aliphatic carbocycles. The highest BCUT2D eigenvalue weighted by molar-refractivity contribution is 6.00. The summed E-state index contributed by atoms with van der Waals surface area (Å²) in [6.07, 6.45) is 0.592. The van der Waals surface area contributed by atoms with Gasteiger partial charge in [0.25, 0.3) is 5.91 Å². The molecule has 2 atom stereocenters. The van der Waals surface area contributed by atoms with E-state index in [1.165, 1.54) is 10.5 Å². The Morgan fingerprint density at radius 3 is 2.56 bits per heavy atom. The van der Waals surface area contributed by atoms with Crippen LogP contribution in [0, 0.1) is 13.8 Å². The number of β-amino-alcohol motifs (C(OH)–C–C–N with tert-alkyl or cyclic N) is 1. The van der Waals surface area contributed by atoms with Crippen LogP contribution < -0.4 is 5.73 Å². The van der Waals surface area contributed by atoms with Crippen LogP contribution in [0.25, 0.3) is 0 Å². The molecule has 27 heavy (non-hydrogen) atoms. The minimum Gasteiger partial charge on any atom is -0.398 e. The van der Waals surface area contributed by atoms with Gasteiger partial charge >= 0.3 is 0 Å². The fourth-order valence-electron chi connectivity index (χ4n) is 3.57. The van der Waals surface area contributed by atoms with Crippen molar-refractivity contribution in [2.24, 2.45) is 0 Å². The molecule has 0 spiro atoms. The summed E-state index contributed by atoms with van der Waals surface area (Å²) in [5.74, 6) is -0.257. The maximum Gasteiger partial charge on any atom is 0.254 e. The van der Waals surface area contributed by atoms with Crippen molar-refractivity contribution in [3.05, 3.63) is 64.7 Å². The lowest BCUT2D eigenvalue weighted by atomic mass is 10.00. The first-order chi connectivity index (χ1) is 12.9. The number of likely N-dealkylation sites (tertiary alicyclic amines) is 1. The number of amides is 1. The van der Waals surface area contributed by atoms with Crippen LogP contribution in [-0.4, -0.2) is 40.4 Å². The van der Waals surface area contributed by atoms with E-state index >= 15 is 0 Å². The molecule has 5 heteroatoms. The SMILES string of the molecule is Cc1ccc(CCC(=O)[C@@H]2C[C@@H](O)CN2C(=O)c2cccc(N)c2C)cc1. The maximum atomic E-state index is 13.0. The van der Waals surface area contributed by atoms with Gasteiger partial charge in [-0.1, -0.05) is 35.9 Å². The molecule has 0 aromatic heterocycles. The highest BCUT2D eigenvalue weighted by Gasteiger charge is 2.39. The number of carbonyl (C=O) groups excluding carboxylic acids is 2. The third-order valence-electron chi connectivity index (χ3n) is 5.30.